The van der Waals surface area contributed by atoms with Crippen LogP contribution in [-0.4, -0.2) is 56.2 Å². The van der Waals surface area contributed by atoms with Crippen molar-refractivity contribution in [3.8, 4) is 0 Å². The van der Waals surface area contributed by atoms with Crippen LogP contribution in [0.3, 0.4) is 0 Å². The van der Waals surface area contributed by atoms with Gasteiger partial charge in [0.05, 0.1) is 6.61 Å². The van der Waals surface area contributed by atoms with E-state index in [0.29, 0.717) is 5.92 Å². The van der Waals surface area contributed by atoms with Crippen LogP contribution in [0.25, 0.3) is 10.9 Å². The van der Waals surface area contributed by atoms with E-state index in [1.807, 2.05) is 7.05 Å². The molecule has 2 N–H and O–H groups in total. The first-order valence-corrected chi connectivity index (χ1v) is 8.73. The molecule has 0 saturated carbocycles. The second-order valence-electron chi connectivity index (χ2n) is 6.59. The van der Waals surface area contributed by atoms with E-state index < -0.39 is 0 Å². The van der Waals surface area contributed by atoms with Crippen molar-refractivity contribution in [1.29, 1.82) is 0 Å². The molecule has 2 heterocycles. The normalized spacial score (nSPS) is 17.8. The fourth-order valence-electron chi connectivity index (χ4n) is 3.61. The molecule has 3 rings (SSSR count). The number of halogens is 1. The molecule has 1 aliphatic rings. The van der Waals surface area contributed by atoms with Crippen molar-refractivity contribution >= 4 is 40.8 Å². The van der Waals surface area contributed by atoms with Crippen molar-refractivity contribution in [2.45, 2.75) is 19.8 Å². The molecule has 1 unspecified atom stereocenters. The predicted molar refractivity (Wildman–Crippen MR) is 115 cm³/mol. The lowest BCUT2D eigenvalue weighted by molar-refractivity contribution is 0.157. The van der Waals surface area contributed by atoms with Crippen molar-refractivity contribution in [1.82, 2.24) is 15.2 Å². The third-order valence-electron chi connectivity index (χ3n) is 4.89. The van der Waals surface area contributed by atoms with Gasteiger partial charge in [0.2, 0.25) is 0 Å². The SMILES string of the molecule is CN=C(NCCc1c[nH]c2c(C)cccc12)N1CCC(COC)C1.I. The molecule has 6 heteroatoms. The molecule has 0 aliphatic carbocycles. The number of aromatic amines is 1. The van der Waals surface area contributed by atoms with Crippen LogP contribution < -0.4 is 5.32 Å². The number of aryl methyl sites for hydroxylation is 1. The Morgan fingerprint density at radius 1 is 1.44 bits per heavy atom. The highest BCUT2D eigenvalue weighted by molar-refractivity contribution is 14.0. The summed E-state index contributed by atoms with van der Waals surface area (Å²) in [6, 6.07) is 6.47. The van der Waals surface area contributed by atoms with Crippen molar-refractivity contribution in [3.05, 3.63) is 35.5 Å². The molecule has 1 aromatic carbocycles. The zero-order valence-corrected chi connectivity index (χ0v) is 17.7. The Morgan fingerprint density at radius 2 is 2.28 bits per heavy atom. The van der Waals surface area contributed by atoms with E-state index in [1.54, 1.807) is 7.11 Å². The van der Waals surface area contributed by atoms with Gasteiger partial charge in [-0.15, -0.1) is 24.0 Å². The van der Waals surface area contributed by atoms with Gasteiger partial charge in [-0.05, 0) is 30.9 Å². The molecule has 0 radical (unpaired) electrons. The molecule has 1 aromatic heterocycles. The van der Waals surface area contributed by atoms with Crippen LogP contribution in [0.2, 0.25) is 0 Å². The zero-order chi connectivity index (χ0) is 16.9. The van der Waals surface area contributed by atoms with Crippen LogP contribution in [0.4, 0.5) is 0 Å². The number of methoxy groups -OCH3 is 1. The van der Waals surface area contributed by atoms with E-state index in [2.05, 4.69) is 51.5 Å². The Kier molecular flexibility index (Phi) is 7.56. The molecular weight excluding hydrogens is 427 g/mol. The molecule has 1 atom stereocenters. The minimum Gasteiger partial charge on any atom is -0.384 e. The second-order valence-corrected chi connectivity index (χ2v) is 6.59. The van der Waals surface area contributed by atoms with Gasteiger partial charge >= 0.3 is 0 Å². The maximum atomic E-state index is 5.28. The maximum Gasteiger partial charge on any atom is 0.193 e. The van der Waals surface area contributed by atoms with Crippen LogP contribution in [0.1, 0.15) is 17.5 Å². The summed E-state index contributed by atoms with van der Waals surface area (Å²) in [6.07, 6.45) is 4.29. The lowest BCUT2D eigenvalue weighted by atomic mass is 10.1. The van der Waals surface area contributed by atoms with Gasteiger partial charge in [-0.2, -0.15) is 0 Å². The summed E-state index contributed by atoms with van der Waals surface area (Å²) in [4.78, 5) is 10.2. The summed E-state index contributed by atoms with van der Waals surface area (Å²) < 4.78 is 5.28. The Bertz CT molecular complexity index is 713. The van der Waals surface area contributed by atoms with Gasteiger partial charge in [0, 0.05) is 56.8 Å². The summed E-state index contributed by atoms with van der Waals surface area (Å²) in [6.45, 7) is 5.95. The van der Waals surface area contributed by atoms with Gasteiger partial charge in [0.1, 0.15) is 0 Å². The number of ether oxygens (including phenoxy) is 1. The van der Waals surface area contributed by atoms with Gasteiger partial charge in [-0.3, -0.25) is 4.99 Å². The third kappa shape index (κ3) is 4.67. The highest BCUT2D eigenvalue weighted by Crippen LogP contribution is 2.21. The number of aromatic nitrogens is 1. The first kappa shape index (κ1) is 20.0. The van der Waals surface area contributed by atoms with E-state index in [9.17, 15) is 0 Å². The molecule has 2 aromatic rings. The second kappa shape index (κ2) is 9.43. The fourth-order valence-corrected chi connectivity index (χ4v) is 3.61. The molecule has 1 fully saturated rings. The van der Waals surface area contributed by atoms with Gasteiger partial charge in [-0.1, -0.05) is 18.2 Å². The molecule has 1 aliphatic heterocycles. The quantitative estimate of drug-likeness (QED) is 0.413. The van der Waals surface area contributed by atoms with Crippen molar-refractivity contribution < 1.29 is 4.74 Å². The smallest absolute Gasteiger partial charge is 0.193 e. The Morgan fingerprint density at radius 3 is 3.04 bits per heavy atom. The number of H-pyrrole nitrogens is 1. The van der Waals surface area contributed by atoms with Crippen LogP contribution in [0, 0.1) is 12.8 Å². The highest BCUT2D eigenvalue weighted by Gasteiger charge is 2.24. The highest BCUT2D eigenvalue weighted by atomic mass is 127. The first-order chi connectivity index (χ1) is 11.7. The van der Waals surface area contributed by atoms with Crippen LogP contribution in [-0.2, 0) is 11.2 Å². The summed E-state index contributed by atoms with van der Waals surface area (Å²) in [7, 11) is 3.64. The van der Waals surface area contributed by atoms with Crippen molar-refractivity contribution in [3.63, 3.8) is 0 Å². The van der Waals surface area contributed by atoms with E-state index in [0.717, 1.165) is 38.6 Å². The number of benzene rings is 1. The molecule has 25 heavy (non-hydrogen) atoms. The maximum absolute atomic E-state index is 5.28. The van der Waals surface area contributed by atoms with E-state index >= 15 is 0 Å². The lowest BCUT2D eigenvalue weighted by Crippen LogP contribution is -2.41. The average molecular weight is 456 g/mol. The van der Waals surface area contributed by atoms with Gasteiger partial charge in [0.25, 0.3) is 0 Å². The predicted octanol–water partition coefficient (Wildman–Crippen LogP) is 3.18. The van der Waals surface area contributed by atoms with Gasteiger partial charge < -0.3 is 19.9 Å². The number of hydrogen-bond donors (Lipinski definition) is 2. The van der Waals surface area contributed by atoms with Crippen LogP contribution in [0.5, 0.6) is 0 Å². The summed E-state index contributed by atoms with van der Waals surface area (Å²) in [5.41, 5.74) is 3.90. The third-order valence-corrected chi connectivity index (χ3v) is 4.89. The summed E-state index contributed by atoms with van der Waals surface area (Å²) in [5, 5.41) is 4.84. The number of rotatable bonds is 5. The number of fused-ring (bicyclic) bond motifs is 1. The fraction of sp³-hybridized carbons (Fsp3) is 0.526. The monoisotopic (exact) mass is 456 g/mol. The Labute approximate surface area is 167 Å². The number of para-hydroxylation sites is 1. The number of hydrogen-bond acceptors (Lipinski definition) is 2. The molecule has 0 bridgehead atoms. The van der Waals surface area contributed by atoms with Crippen LogP contribution in [0.15, 0.2) is 29.4 Å². The standard InChI is InChI=1S/C19H28N4O.HI/c1-14-5-4-6-17-16(11-22-18(14)17)7-9-21-19(20-2)23-10-8-15(12-23)13-24-3;/h4-6,11,15,22H,7-10,12-13H2,1-3H3,(H,20,21);1H. The number of likely N-dealkylation sites (tertiary alicyclic amines) is 1. The minimum absolute atomic E-state index is 0. The first-order valence-electron chi connectivity index (χ1n) is 8.73. The van der Waals surface area contributed by atoms with Crippen LogP contribution >= 0.6 is 24.0 Å². The molecule has 0 amide bonds. The zero-order valence-electron chi connectivity index (χ0n) is 15.3. The van der Waals surface area contributed by atoms with Gasteiger partial charge in [-0.25, -0.2) is 0 Å². The Hall–Kier alpha value is -1.28. The van der Waals surface area contributed by atoms with Crippen molar-refractivity contribution in [2.75, 3.05) is 40.4 Å². The van der Waals surface area contributed by atoms with E-state index in [1.165, 1.54) is 28.5 Å². The topological polar surface area (TPSA) is 52.7 Å². The molecule has 0 spiro atoms. The minimum atomic E-state index is 0. The molecule has 1 saturated heterocycles. The van der Waals surface area contributed by atoms with Crippen molar-refractivity contribution in [2.24, 2.45) is 10.9 Å². The molecule has 5 nitrogen and oxygen atoms in total. The summed E-state index contributed by atoms with van der Waals surface area (Å²) >= 11 is 0. The number of guanidine groups is 1. The number of aliphatic imine (C=N–C) groups is 1. The average Bonchev–Trinajstić information content (AvgIpc) is 3.20. The number of nitrogens with zero attached hydrogens (tertiary/aromatic N) is 2. The molecular formula is C19H29IN4O. The number of nitrogens with one attached hydrogen (secondary N) is 2. The van der Waals surface area contributed by atoms with E-state index in [-0.39, 0.29) is 24.0 Å². The van der Waals surface area contributed by atoms with E-state index in [4.69, 9.17) is 4.74 Å². The largest absolute Gasteiger partial charge is 0.384 e. The van der Waals surface area contributed by atoms with Gasteiger partial charge in [0.15, 0.2) is 5.96 Å². The summed E-state index contributed by atoms with van der Waals surface area (Å²) in [5.74, 6) is 1.62. The lowest BCUT2D eigenvalue weighted by Gasteiger charge is -2.21. The Balaban J connectivity index is 0.00000225. The molecule has 138 valence electrons.